The number of nitrogens with one attached hydrogen (secondary N) is 2. The fraction of sp³-hybridized carbons (Fsp3) is 0.263. The lowest BCUT2D eigenvalue weighted by atomic mass is 10.2. The zero-order valence-electron chi connectivity index (χ0n) is 14.9. The number of carbonyl (C=O) groups is 2. The van der Waals surface area contributed by atoms with E-state index < -0.39 is 11.8 Å². The lowest BCUT2D eigenvalue weighted by Crippen LogP contribution is -2.43. The molecular formula is C19H21ClN2O5. The molecule has 0 heterocycles. The van der Waals surface area contributed by atoms with E-state index in [1.807, 2.05) is 6.92 Å². The van der Waals surface area contributed by atoms with Gasteiger partial charge in [0.1, 0.15) is 18.1 Å². The van der Waals surface area contributed by atoms with Crippen LogP contribution in [0.25, 0.3) is 0 Å². The monoisotopic (exact) mass is 392 g/mol. The minimum atomic E-state index is -0.492. The van der Waals surface area contributed by atoms with E-state index in [0.717, 1.165) is 0 Å². The molecule has 144 valence electrons. The van der Waals surface area contributed by atoms with Gasteiger partial charge in [0, 0.05) is 17.2 Å². The molecule has 0 atom stereocenters. The summed E-state index contributed by atoms with van der Waals surface area (Å²) in [7, 11) is 0. The van der Waals surface area contributed by atoms with Crippen LogP contribution in [0.2, 0.25) is 5.02 Å². The molecule has 0 bridgehead atoms. The smallest absolute Gasteiger partial charge is 0.276 e. The van der Waals surface area contributed by atoms with Gasteiger partial charge in [0.25, 0.3) is 11.8 Å². The van der Waals surface area contributed by atoms with Gasteiger partial charge in [-0.2, -0.15) is 0 Å². The Labute approximate surface area is 162 Å². The number of hydrogen-bond acceptors (Lipinski definition) is 5. The second kappa shape index (κ2) is 11.1. The molecule has 0 spiro atoms. The van der Waals surface area contributed by atoms with E-state index in [1.54, 1.807) is 48.5 Å². The Morgan fingerprint density at radius 2 is 1.52 bits per heavy atom. The molecule has 0 unspecified atom stereocenters. The molecule has 2 N–H and O–H groups in total. The van der Waals surface area contributed by atoms with Crippen LogP contribution in [0.3, 0.4) is 0 Å². The Kier molecular flexibility index (Phi) is 8.41. The average Bonchev–Trinajstić information content (AvgIpc) is 2.69. The van der Waals surface area contributed by atoms with Gasteiger partial charge in [-0.1, -0.05) is 11.6 Å². The molecule has 0 radical (unpaired) electrons. The number of hydrogen-bond donors (Lipinski definition) is 2. The van der Waals surface area contributed by atoms with Gasteiger partial charge in [-0.05, 0) is 55.5 Å². The molecule has 2 amide bonds. The Morgan fingerprint density at radius 3 is 2.19 bits per heavy atom. The van der Waals surface area contributed by atoms with Crippen LogP contribution in [0.15, 0.2) is 48.5 Å². The van der Waals surface area contributed by atoms with Gasteiger partial charge < -0.3 is 14.2 Å². The molecule has 0 saturated carbocycles. The summed E-state index contributed by atoms with van der Waals surface area (Å²) in [6.45, 7) is 3.25. The van der Waals surface area contributed by atoms with Crippen molar-refractivity contribution in [1.82, 2.24) is 10.9 Å². The first-order chi connectivity index (χ1) is 13.1. The highest BCUT2D eigenvalue weighted by Gasteiger charge is 2.08. The maximum atomic E-state index is 12.0. The summed E-state index contributed by atoms with van der Waals surface area (Å²) >= 11 is 5.77. The minimum absolute atomic E-state index is 0.242. The van der Waals surface area contributed by atoms with Crippen LogP contribution in [-0.2, 0) is 9.53 Å². The van der Waals surface area contributed by atoms with Gasteiger partial charge in [-0.3, -0.25) is 20.4 Å². The zero-order valence-corrected chi connectivity index (χ0v) is 15.6. The van der Waals surface area contributed by atoms with Crippen LogP contribution in [0.5, 0.6) is 11.5 Å². The Balaban J connectivity index is 1.71. The second-order valence-electron chi connectivity index (χ2n) is 5.31. The van der Waals surface area contributed by atoms with Crippen molar-refractivity contribution in [3.8, 4) is 11.5 Å². The van der Waals surface area contributed by atoms with Crippen LogP contribution in [0.1, 0.15) is 17.3 Å². The standard InChI is InChI=1S/C19H21ClN2O5/c1-2-25-11-12-26-16-7-3-14(4-8-16)19(24)22-21-18(23)13-27-17-9-5-15(20)6-10-17/h3-10H,2,11-13H2,1H3,(H,21,23)(H,22,24). The van der Waals surface area contributed by atoms with E-state index in [4.69, 9.17) is 25.8 Å². The molecule has 0 saturated heterocycles. The third-order valence-corrected chi connectivity index (χ3v) is 3.57. The van der Waals surface area contributed by atoms with Crippen molar-refractivity contribution in [2.24, 2.45) is 0 Å². The first kappa shape index (κ1) is 20.5. The molecule has 0 fully saturated rings. The van der Waals surface area contributed by atoms with Gasteiger partial charge in [0.2, 0.25) is 0 Å². The highest BCUT2D eigenvalue weighted by molar-refractivity contribution is 6.30. The van der Waals surface area contributed by atoms with E-state index in [2.05, 4.69) is 10.9 Å². The van der Waals surface area contributed by atoms with Crippen LogP contribution in [0.4, 0.5) is 0 Å². The Bertz CT molecular complexity index is 735. The highest BCUT2D eigenvalue weighted by Crippen LogP contribution is 2.15. The summed E-state index contributed by atoms with van der Waals surface area (Å²) in [5, 5.41) is 0.574. The lowest BCUT2D eigenvalue weighted by molar-refractivity contribution is -0.123. The number of rotatable bonds is 9. The highest BCUT2D eigenvalue weighted by atomic mass is 35.5. The van der Waals surface area contributed by atoms with Crippen LogP contribution < -0.4 is 20.3 Å². The van der Waals surface area contributed by atoms with Crippen LogP contribution in [-0.4, -0.2) is 38.2 Å². The van der Waals surface area contributed by atoms with Gasteiger partial charge >= 0.3 is 0 Å². The van der Waals surface area contributed by atoms with Crippen LogP contribution in [0, 0.1) is 0 Å². The van der Waals surface area contributed by atoms with Crippen molar-refractivity contribution in [2.75, 3.05) is 26.4 Å². The molecular weight excluding hydrogens is 372 g/mol. The maximum absolute atomic E-state index is 12.0. The first-order valence-electron chi connectivity index (χ1n) is 8.36. The Morgan fingerprint density at radius 1 is 0.889 bits per heavy atom. The molecule has 0 aromatic heterocycles. The molecule has 2 aromatic carbocycles. The largest absolute Gasteiger partial charge is 0.491 e. The number of hydrazine groups is 1. The number of halogens is 1. The summed E-state index contributed by atoms with van der Waals surface area (Å²) in [5.41, 5.74) is 4.99. The summed E-state index contributed by atoms with van der Waals surface area (Å²) in [6, 6.07) is 13.1. The van der Waals surface area contributed by atoms with Gasteiger partial charge in [-0.25, -0.2) is 0 Å². The minimum Gasteiger partial charge on any atom is -0.491 e. The normalized spacial score (nSPS) is 10.1. The fourth-order valence-corrected chi connectivity index (χ4v) is 2.11. The van der Waals surface area contributed by atoms with Crippen molar-refractivity contribution < 1.29 is 23.8 Å². The summed E-state index contributed by atoms with van der Waals surface area (Å²) in [6.07, 6.45) is 0. The van der Waals surface area contributed by atoms with Crippen molar-refractivity contribution >= 4 is 23.4 Å². The SMILES string of the molecule is CCOCCOc1ccc(C(=O)NNC(=O)COc2ccc(Cl)cc2)cc1. The molecule has 8 heteroatoms. The summed E-state index contributed by atoms with van der Waals surface area (Å²) in [5.74, 6) is 0.192. The van der Waals surface area contributed by atoms with E-state index >= 15 is 0 Å². The van der Waals surface area contributed by atoms with Gasteiger partial charge in [-0.15, -0.1) is 0 Å². The summed E-state index contributed by atoms with van der Waals surface area (Å²) in [4.78, 5) is 23.8. The molecule has 2 rings (SSSR count). The van der Waals surface area contributed by atoms with Crippen molar-refractivity contribution in [1.29, 1.82) is 0 Å². The first-order valence-corrected chi connectivity index (χ1v) is 8.74. The van der Waals surface area contributed by atoms with E-state index in [9.17, 15) is 9.59 Å². The predicted molar refractivity (Wildman–Crippen MR) is 101 cm³/mol. The summed E-state index contributed by atoms with van der Waals surface area (Å²) < 4.78 is 15.9. The van der Waals surface area contributed by atoms with Crippen molar-refractivity contribution in [2.45, 2.75) is 6.92 Å². The number of amides is 2. The topological polar surface area (TPSA) is 85.9 Å². The van der Waals surface area contributed by atoms with E-state index in [-0.39, 0.29) is 6.61 Å². The molecule has 0 aliphatic carbocycles. The van der Waals surface area contributed by atoms with Gasteiger partial charge in [0.15, 0.2) is 6.61 Å². The molecule has 0 aliphatic heterocycles. The lowest BCUT2D eigenvalue weighted by Gasteiger charge is -2.10. The fourth-order valence-electron chi connectivity index (χ4n) is 1.98. The van der Waals surface area contributed by atoms with Gasteiger partial charge in [0.05, 0.1) is 6.61 Å². The predicted octanol–water partition coefficient (Wildman–Crippen LogP) is 2.60. The van der Waals surface area contributed by atoms with Crippen LogP contribution >= 0.6 is 11.6 Å². The van der Waals surface area contributed by atoms with E-state index in [1.165, 1.54) is 0 Å². The van der Waals surface area contributed by atoms with Crippen molar-refractivity contribution in [3.05, 3.63) is 59.1 Å². The van der Waals surface area contributed by atoms with E-state index in [0.29, 0.717) is 41.9 Å². The Hall–Kier alpha value is -2.77. The third-order valence-electron chi connectivity index (χ3n) is 3.32. The van der Waals surface area contributed by atoms with Crippen molar-refractivity contribution in [3.63, 3.8) is 0 Å². The average molecular weight is 393 g/mol. The third kappa shape index (κ3) is 7.55. The molecule has 0 aliphatic rings. The number of carbonyl (C=O) groups excluding carboxylic acids is 2. The maximum Gasteiger partial charge on any atom is 0.276 e. The molecule has 7 nitrogen and oxygen atoms in total. The number of benzene rings is 2. The number of ether oxygens (including phenoxy) is 3. The zero-order chi connectivity index (χ0) is 19.5. The second-order valence-corrected chi connectivity index (χ2v) is 5.75. The quantitative estimate of drug-likeness (QED) is 0.506. The molecule has 27 heavy (non-hydrogen) atoms. The molecule has 2 aromatic rings.